The summed E-state index contributed by atoms with van der Waals surface area (Å²) in [6.07, 6.45) is 8.59. The van der Waals surface area contributed by atoms with Crippen LogP contribution in [0.2, 0.25) is 0 Å². The third-order valence-corrected chi connectivity index (χ3v) is 14.2. The molecular weight excluding hydrogens is 953 g/mol. The van der Waals surface area contributed by atoms with E-state index in [1.54, 1.807) is 27.7 Å². The van der Waals surface area contributed by atoms with E-state index in [1.807, 2.05) is 13.8 Å². The van der Waals surface area contributed by atoms with Gasteiger partial charge in [-0.2, -0.15) is 0 Å². The molecule has 0 saturated carbocycles. The largest absolute Gasteiger partial charge is 2.00 e. The van der Waals surface area contributed by atoms with Crippen LogP contribution in [-0.4, -0.2) is 192 Å². The van der Waals surface area contributed by atoms with Crippen LogP contribution in [0.1, 0.15) is 157 Å². The van der Waals surface area contributed by atoms with Gasteiger partial charge in [-0.05, 0) is 91.9 Å². The molecule has 0 bridgehead atoms. The zero-order chi connectivity index (χ0) is 51.9. The topological polar surface area (TPSA) is 298 Å². The number of epoxide rings is 2. The maximum atomic E-state index is 12.0. The minimum absolute atomic E-state index is 0. The van der Waals surface area contributed by atoms with Crippen molar-refractivity contribution in [3.63, 3.8) is 0 Å². The Morgan fingerprint density at radius 2 is 0.859 bits per heavy atom. The second-order valence-corrected chi connectivity index (χ2v) is 20.4. The van der Waals surface area contributed by atoms with Crippen molar-refractivity contribution in [3.8, 4) is 0 Å². The van der Waals surface area contributed by atoms with Gasteiger partial charge in [-0.15, -0.1) is 0 Å². The van der Waals surface area contributed by atoms with Crippen LogP contribution in [0.4, 0.5) is 0 Å². The van der Waals surface area contributed by atoms with Crippen molar-refractivity contribution in [2.24, 2.45) is 23.7 Å². The standard InChI is InChI=1S/2C26H44O9.Ca/c2*1-16(13-23(30)33-11-9-7-5-4-6-8-10-22(28)29)12-20-25(32)24(31)19(15-34-20)14-21-26(35-21)17(2)18(3)27;/h2*13,17-21,24-27,31-32H,4-12,14-15H2,1-3H3,(H,28,29);/q;;+2/p-2/t2*17-,18-,19-,20-,21-,24+,25-,26-;/m00./s1. The smallest absolute Gasteiger partial charge is 0.550 e. The number of carbonyl (C=O) groups excluding carboxylic acids is 4. The first-order valence-corrected chi connectivity index (χ1v) is 25.9. The number of carbonyl (C=O) groups is 4. The van der Waals surface area contributed by atoms with E-state index < -0.39 is 72.7 Å². The van der Waals surface area contributed by atoms with Crippen LogP contribution in [0, 0.1) is 23.7 Å². The third-order valence-electron chi connectivity index (χ3n) is 14.2. The van der Waals surface area contributed by atoms with Gasteiger partial charge >= 0.3 is 49.7 Å². The molecule has 6 N–H and O–H groups in total. The first-order chi connectivity index (χ1) is 33.2. The van der Waals surface area contributed by atoms with Gasteiger partial charge in [0, 0.05) is 47.8 Å². The number of hydrogen-bond acceptors (Lipinski definition) is 18. The summed E-state index contributed by atoms with van der Waals surface area (Å²) in [6.45, 7) is 12.1. The van der Waals surface area contributed by atoms with Gasteiger partial charge < -0.3 is 78.9 Å². The Morgan fingerprint density at radius 1 is 0.535 bits per heavy atom. The number of carboxylic acid groups (broad SMARTS) is 2. The Bertz CT molecular complexity index is 1510. The van der Waals surface area contributed by atoms with Crippen molar-refractivity contribution >= 4 is 61.6 Å². The van der Waals surface area contributed by atoms with E-state index in [4.69, 9.17) is 28.4 Å². The van der Waals surface area contributed by atoms with Crippen molar-refractivity contribution in [3.05, 3.63) is 23.3 Å². The average molecular weight is 1040 g/mol. The Labute approximate surface area is 451 Å². The molecule has 0 radical (unpaired) electrons. The monoisotopic (exact) mass is 1040 g/mol. The molecule has 71 heavy (non-hydrogen) atoms. The molecule has 404 valence electrons. The fourth-order valence-electron chi connectivity index (χ4n) is 9.16. The Hall–Kier alpha value is -1.78. The number of ether oxygens (including phenoxy) is 6. The van der Waals surface area contributed by atoms with Crippen LogP contribution >= 0.6 is 0 Å². The van der Waals surface area contributed by atoms with Crippen molar-refractivity contribution in [1.82, 2.24) is 0 Å². The second kappa shape index (κ2) is 34.7. The fourth-order valence-corrected chi connectivity index (χ4v) is 9.16. The predicted molar refractivity (Wildman–Crippen MR) is 258 cm³/mol. The van der Waals surface area contributed by atoms with E-state index in [9.17, 15) is 60.0 Å². The summed E-state index contributed by atoms with van der Waals surface area (Å²) in [7, 11) is 0. The van der Waals surface area contributed by atoms with Crippen molar-refractivity contribution in [1.29, 1.82) is 0 Å². The minimum atomic E-state index is -1.06. The summed E-state index contributed by atoms with van der Waals surface area (Å²) >= 11 is 0. The van der Waals surface area contributed by atoms with Crippen LogP contribution < -0.4 is 10.2 Å². The van der Waals surface area contributed by atoms with Gasteiger partial charge in [-0.25, -0.2) is 9.59 Å². The molecule has 4 saturated heterocycles. The quantitative estimate of drug-likeness (QED) is 0.0185. The van der Waals surface area contributed by atoms with Crippen LogP contribution in [-0.2, 0) is 47.6 Å². The summed E-state index contributed by atoms with van der Waals surface area (Å²) in [4.78, 5) is 44.8. The SMILES string of the molecule is CC(=CC(=O)OCCCCCCCCC(=O)[O-])C[C@@H]1OC[C@H](C[C@@H]2O[C@H]2[C@@H](C)[C@H](C)O)[C@@H](O)[C@H]1O.CC(=CC(=O)OCCCCCCCCC(=O)[O-])C[C@@H]1OC[C@H](C[C@@H]2O[C@H]2[C@@H](C)[C@H](C)O)[C@@H](O)[C@H]1O.[Ca+2]. The summed E-state index contributed by atoms with van der Waals surface area (Å²) in [5.74, 6) is -3.37. The van der Waals surface area contributed by atoms with E-state index in [-0.39, 0.29) is 98.7 Å². The zero-order valence-corrected chi connectivity index (χ0v) is 45.4. The molecule has 16 atom stereocenters. The molecule has 4 aliphatic heterocycles. The van der Waals surface area contributed by atoms with E-state index >= 15 is 0 Å². The maximum Gasteiger partial charge on any atom is 2.00 e. The van der Waals surface area contributed by atoms with Crippen molar-refractivity contribution in [2.75, 3.05) is 26.4 Å². The normalized spacial score (nSPS) is 30.1. The number of aliphatic carboxylic acids is 2. The summed E-state index contributed by atoms with van der Waals surface area (Å²) in [5.41, 5.74) is 1.41. The Balaban J connectivity index is 0.000000480. The van der Waals surface area contributed by atoms with E-state index in [0.717, 1.165) is 64.2 Å². The van der Waals surface area contributed by atoms with Crippen molar-refractivity contribution < 1.29 is 88.5 Å². The van der Waals surface area contributed by atoms with Gasteiger partial charge in [0.15, 0.2) is 0 Å². The molecule has 0 aromatic rings. The van der Waals surface area contributed by atoms with Gasteiger partial charge in [0.25, 0.3) is 0 Å². The molecule has 0 aliphatic carbocycles. The molecule has 18 nitrogen and oxygen atoms in total. The zero-order valence-electron chi connectivity index (χ0n) is 43.2. The molecule has 4 fully saturated rings. The Morgan fingerprint density at radius 3 is 1.18 bits per heavy atom. The van der Waals surface area contributed by atoms with E-state index in [1.165, 1.54) is 12.2 Å². The first kappa shape index (κ1) is 65.3. The molecule has 0 aromatic heterocycles. The molecular formula is C52H86CaO18. The van der Waals surface area contributed by atoms with Crippen LogP contribution in [0.15, 0.2) is 23.3 Å². The Kier molecular flexibility index (Phi) is 32.0. The fraction of sp³-hybridized carbons (Fsp3) is 0.846. The summed E-state index contributed by atoms with van der Waals surface area (Å²) in [6, 6.07) is 0. The van der Waals surface area contributed by atoms with Gasteiger partial charge in [0.05, 0.1) is 87.5 Å². The van der Waals surface area contributed by atoms with Gasteiger partial charge in [0.2, 0.25) is 0 Å². The molecule has 0 spiro atoms. The number of carboxylic acids is 2. The molecule has 19 heteroatoms. The maximum absolute atomic E-state index is 12.0. The molecule has 4 heterocycles. The number of hydrogen-bond donors (Lipinski definition) is 6. The van der Waals surface area contributed by atoms with Crippen LogP contribution in [0.3, 0.4) is 0 Å². The van der Waals surface area contributed by atoms with Gasteiger partial charge in [-0.1, -0.05) is 76.4 Å². The van der Waals surface area contributed by atoms with Crippen LogP contribution in [0.25, 0.3) is 0 Å². The number of rotatable bonds is 32. The number of aliphatic hydroxyl groups is 6. The van der Waals surface area contributed by atoms with Gasteiger partial charge in [-0.3, -0.25) is 0 Å². The summed E-state index contributed by atoms with van der Waals surface area (Å²) in [5, 5.41) is 82.4. The predicted octanol–water partition coefficient (Wildman–Crippen LogP) is 2.13. The number of esters is 2. The molecule has 0 aromatic carbocycles. The molecule has 0 amide bonds. The number of aliphatic hydroxyl groups excluding tert-OH is 6. The van der Waals surface area contributed by atoms with Crippen molar-refractivity contribution in [2.45, 2.75) is 230 Å². The summed E-state index contributed by atoms with van der Waals surface area (Å²) < 4.78 is 33.4. The molecule has 0 unspecified atom stereocenters. The molecule has 4 aliphatic rings. The average Bonchev–Trinajstić information content (AvgIpc) is 4.23. The minimum Gasteiger partial charge on any atom is -0.550 e. The third kappa shape index (κ3) is 25.5. The van der Waals surface area contributed by atoms with E-state index in [2.05, 4.69) is 0 Å². The second-order valence-electron chi connectivity index (χ2n) is 20.4. The number of unbranched alkanes of at least 4 members (excludes halogenated alkanes) is 10. The van der Waals surface area contributed by atoms with E-state index in [0.29, 0.717) is 76.1 Å². The van der Waals surface area contributed by atoms with Gasteiger partial charge in [0.1, 0.15) is 12.2 Å². The first-order valence-electron chi connectivity index (χ1n) is 25.9. The van der Waals surface area contributed by atoms with Crippen LogP contribution in [0.5, 0.6) is 0 Å². The molecule has 4 rings (SSSR count).